The maximum absolute atomic E-state index is 15.0. The Morgan fingerprint density at radius 1 is 1.32 bits per heavy atom. The van der Waals surface area contributed by atoms with Crippen LogP contribution in [-0.4, -0.2) is 52.0 Å². The van der Waals surface area contributed by atoms with Gasteiger partial charge in [-0.05, 0) is 31.9 Å². The molecule has 2 aliphatic rings. The molecule has 0 bridgehead atoms. The summed E-state index contributed by atoms with van der Waals surface area (Å²) in [5.74, 6) is 0.435. The zero-order valence-corrected chi connectivity index (χ0v) is 16.9. The van der Waals surface area contributed by atoms with Gasteiger partial charge in [0.05, 0.1) is 42.4 Å². The third kappa shape index (κ3) is 3.55. The van der Waals surface area contributed by atoms with Crippen LogP contribution in [0.4, 0.5) is 14.6 Å². The van der Waals surface area contributed by atoms with Gasteiger partial charge < -0.3 is 15.4 Å². The van der Waals surface area contributed by atoms with Gasteiger partial charge >= 0.3 is 0 Å². The van der Waals surface area contributed by atoms with E-state index >= 15 is 0 Å². The fourth-order valence-electron chi connectivity index (χ4n) is 3.90. The number of pyridine rings is 1. The number of hydrogen-bond acceptors (Lipinski definition) is 7. The molecular weight excluding hydrogens is 404 g/mol. The molecule has 5 rings (SSSR count). The summed E-state index contributed by atoms with van der Waals surface area (Å²) in [5, 5.41) is 19.8. The molecule has 2 atom stereocenters. The minimum atomic E-state index is -1.09. The van der Waals surface area contributed by atoms with E-state index in [1.807, 2.05) is 6.07 Å². The molecule has 0 radical (unpaired) electrons. The number of methoxy groups -OCH3 is 1. The highest BCUT2D eigenvalue weighted by atomic mass is 19.1. The highest BCUT2D eigenvalue weighted by Gasteiger charge is 2.30. The Kier molecular flexibility index (Phi) is 4.90. The van der Waals surface area contributed by atoms with Crippen LogP contribution in [0.15, 0.2) is 18.5 Å². The van der Waals surface area contributed by atoms with Crippen molar-refractivity contribution < 1.29 is 13.5 Å². The molecule has 0 spiro atoms. The summed E-state index contributed by atoms with van der Waals surface area (Å²) in [6.45, 7) is 0.983. The number of halogens is 2. The molecule has 31 heavy (non-hydrogen) atoms. The fraction of sp³-hybridized carbons (Fsp3) is 0.429. The molecule has 2 N–H and O–H groups in total. The summed E-state index contributed by atoms with van der Waals surface area (Å²) in [5.41, 5.74) is 1.69. The molecule has 1 saturated carbocycles. The van der Waals surface area contributed by atoms with Gasteiger partial charge in [0.2, 0.25) is 0 Å². The molecule has 10 heteroatoms. The smallest absolute Gasteiger partial charge is 0.165 e. The predicted molar refractivity (Wildman–Crippen MR) is 109 cm³/mol. The van der Waals surface area contributed by atoms with Gasteiger partial charge in [-0.1, -0.05) is 0 Å². The van der Waals surface area contributed by atoms with E-state index in [0.717, 1.165) is 24.6 Å². The highest BCUT2D eigenvalue weighted by Crippen LogP contribution is 2.43. The number of piperidine rings is 1. The largest absolute Gasteiger partial charge is 0.493 e. The highest BCUT2D eigenvalue weighted by molar-refractivity contribution is 5.77. The predicted octanol–water partition coefficient (Wildman–Crippen LogP) is 2.80. The first-order valence-electron chi connectivity index (χ1n) is 10.2. The Morgan fingerprint density at radius 3 is 2.87 bits per heavy atom. The van der Waals surface area contributed by atoms with Gasteiger partial charge in [-0.25, -0.2) is 23.3 Å². The summed E-state index contributed by atoms with van der Waals surface area (Å²) < 4.78 is 36.2. The zero-order chi connectivity index (χ0) is 21.5. The third-order valence-corrected chi connectivity index (χ3v) is 5.74. The Labute approximate surface area is 177 Å². The van der Waals surface area contributed by atoms with E-state index in [1.54, 1.807) is 13.3 Å². The second-order valence-electron chi connectivity index (χ2n) is 7.88. The van der Waals surface area contributed by atoms with Crippen molar-refractivity contribution in [1.29, 1.82) is 5.26 Å². The van der Waals surface area contributed by atoms with Gasteiger partial charge in [0, 0.05) is 12.5 Å². The molecule has 1 saturated heterocycles. The van der Waals surface area contributed by atoms with Crippen molar-refractivity contribution in [3.63, 3.8) is 0 Å². The normalized spacial score (nSPS) is 21.1. The summed E-state index contributed by atoms with van der Waals surface area (Å²) in [4.78, 5) is 9.07. The summed E-state index contributed by atoms with van der Waals surface area (Å²) in [6, 6.07) is 2.50. The molecule has 3 aromatic rings. The lowest BCUT2D eigenvalue weighted by Crippen LogP contribution is -2.46. The first-order chi connectivity index (χ1) is 15.1. The lowest BCUT2D eigenvalue weighted by molar-refractivity contribution is 0.241. The monoisotopic (exact) mass is 425 g/mol. The van der Waals surface area contributed by atoms with Gasteiger partial charge in [0.15, 0.2) is 17.2 Å². The van der Waals surface area contributed by atoms with Crippen LogP contribution in [0.25, 0.3) is 16.9 Å². The Morgan fingerprint density at radius 2 is 2.16 bits per heavy atom. The lowest BCUT2D eigenvalue weighted by atomic mass is 10.0. The van der Waals surface area contributed by atoms with E-state index in [-0.39, 0.29) is 17.1 Å². The van der Waals surface area contributed by atoms with Crippen LogP contribution in [0.1, 0.15) is 36.4 Å². The fourth-order valence-corrected chi connectivity index (χ4v) is 3.90. The summed E-state index contributed by atoms with van der Waals surface area (Å²) in [7, 11) is 1.58. The number of anilines is 1. The average Bonchev–Trinajstić information content (AvgIpc) is 3.55. The number of ether oxygens (including phenoxy) is 1. The average molecular weight is 425 g/mol. The third-order valence-electron chi connectivity index (χ3n) is 5.74. The van der Waals surface area contributed by atoms with Gasteiger partial charge in [-0.2, -0.15) is 10.4 Å². The van der Waals surface area contributed by atoms with Crippen LogP contribution in [0.3, 0.4) is 0 Å². The van der Waals surface area contributed by atoms with Gasteiger partial charge in [-0.15, -0.1) is 0 Å². The summed E-state index contributed by atoms with van der Waals surface area (Å²) >= 11 is 0. The summed E-state index contributed by atoms with van der Waals surface area (Å²) in [6.07, 6.45) is 4.54. The van der Waals surface area contributed by atoms with E-state index in [1.165, 1.54) is 10.7 Å². The number of alkyl halides is 1. The molecule has 8 nitrogen and oxygen atoms in total. The van der Waals surface area contributed by atoms with Crippen LogP contribution in [0.2, 0.25) is 0 Å². The molecule has 1 aliphatic carbocycles. The van der Waals surface area contributed by atoms with Crippen molar-refractivity contribution in [2.45, 2.75) is 37.4 Å². The minimum Gasteiger partial charge on any atom is -0.493 e. The molecule has 3 aromatic heterocycles. The van der Waals surface area contributed by atoms with Crippen molar-refractivity contribution in [3.05, 3.63) is 35.5 Å². The number of aromatic nitrogens is 4. The van der Waals surface area contributed by atoms with Gasteiger partial charge in [0.25, 0.3) is 0 Å². The topological polar surface area (TPSA) is 100 Å². The molecule has 4 heterocycles. The van der Waals surface area contributed by atoms with Crippen LogP contribution < -0.4 is 15.4 Å². The second kappa shape index (κ2) is 7.74. The minimum absolute atomic E-state index is 0.00934. The number of rotatable bonds is 5. The van der Waals surface area contributed by atoms with Crippen LogP contribution in [0, 0.1) is 17.1 Å². The zero-order valence-electron chi connectivity index (χ0n) is 16.9. The maximum atomic E-state index is 15.0. The Balaban J connectivity index is 1.59. The van der Waals surface area contributed by atoms with Crippen molar-refractivity contribution in [3.8, 4) is 23.1 Å². The molecule has 0 amide bonds. The standard InChI is InChI=1S/C21H21F2N7O/c1-31-17-10-30-21(29-18(17)11-2-3-11)13(8-26-30)19-15(23)6-12(7-24)20(28-19)27-16-9-25-5-4-14(16)22/h6,8,10-11,14,16,25H,2-5,9H2,1H3,(H,27,28)/t14-,16-/m1/s1. The number of nitriles is 1. The number of fused-ring (bicyclic) bond motifs is 1. The van der Waals surface area contributed by atoms with Gasteiger partial charge in [0.1, 0.15) is 23.8 Å². The quantitative estimate of drug-likeness (QED) is 0.648. The van der Waals surface area contributed by atoms with Gasteiger partial charge in [-0.3, -0.25) is 0 Å². The number of nitrogens with one attached hydrogen (secondary N) is 2. The van der Waals surface area contributed by atoms with Crippen molar-refractivity contribution in [1.82, 2.24) is 24.9 Å². The van der Waals surface area contributed by atoms with Crippen molar-refractivity contribution in [2.24, 2.45) is 0 Å². The number of nitrogens with zero attached hydrogens (tertiary/aromatic N) is 5. The first kappa shape index (κ1) is 19.6. The van der Waals surface area contributed by atoms with E-state index in [0.29, 0.717) is 42.4 Å². The molecular formula is C21H21F2N7O. The molecule has 0 aromatic carbocycles. The molecule has 0 unspecified atom stereocenters. The first-order valence-corrected chi connectivity index (χ1v) is 10.2. The number of hydrogen-bond donors (Lipinski definition) is 2. The Hall–Kier alpha value is -3.32. The molecule has 160 valence electrons. The van der Waals surface area contributed by atoms with Crippen molar-refractivity contribution in [2.75, 3.05) is 25.5 Å². The molecule has 1 aliphatic heterocycles. The van der Waals surface area contributed by atoms with Crippen LogP contribution in [-0.2, 0) is 0 Å². The van der Waals surface area contributed by atoms with Crippen LogP contribution in [0.5, 0.6) is 5.75 Å². The maximum Gasteiger partial charge on any atom is 0.165 e. The Bertz CT molecular complexity index is 1180. The van der Waals surface area contributed by atoms with Crippen LogP contribution >= 0.6 is 0 Å². The SMILES string of the molecule is COc1cn2ncc(-c3nc(N[C@@H]4CNCC[C@H]4F)c(C#N)cc3F)c2nc1C1CC1. The van der Waals surface area contributed by atoms with Crippen molar-refractivity contribution >= 4 is 11.5 Å². The second-order valence-corrected chi connectivity index (χ2v) is 7.88. The molecule has 2 fully saturated rings. The van der Waals surface area contributed by atoms with E-state index in [9.17, 15) is 14.0 Å². The van der Waals surface area contributed by atoms with E-state index < -0.39 is 18.0 Å². The van der Waals surface area contributed by atoms with E-state index in [4.69, 9.17) is 9.72 Å². The lowest BCUT2D eigenvalue weighted by Gasteiger charge is -2.28. The van der Waals surface area contributed by atoms with E-state index in [2.05, 4.69) is 20.7 Å².